The quantitative estimate of drug-likeness (QED) is 0.185. The number of carbonyl (C=O) groups excluding carboxylic acids is 4. The second-order valence-corrected chi connectivity index (χ2v) is 17.3. The molecule has 3 fully saturated rings. The van der Waals surface area contributed by atoms with Crippen LogP contribution in [0.4, 0.5) is 0 Å². The van der Waals surface area contributed by atoms with Crippen molar-refractivity contribution in [2.24, 2.45) is 29.6 Å². The number of ketones is 2. The number of aliphatic hydroxyl groups is 3. The zero-order valence-electron chi connectivity index (χ0n) is 35.4. The third-order valence-corrected chi connectivity index (χ3v) is 12.9. The standard InChI is InChI=1S/C44H69NO12/c1-10-13-31-19-25(2)18-26(3)20-37(54-8)40-38(55-9)22-28(5)44(52,57-40)41(49)42(50)45-17-12-11-14-32(45)43(51)56-39(29(6)34(47)24-35(31)48)27(4)21-30-15-16-33(46)36(23-30)53-7/h10,19,21,26,28-34,36-40,46-47,52H,1,11-18,20,22-24H2,2-9H3/b25-19?,27-21-/t26-,28+,29+,30-,31+,32+,33-,34+,36+,37-,38-,39+,40+,44+/m0/s1. The molecule has 3 aliphatic heterocycles. The Kier molecular flexibility index (Phi) is 17.2. The first-order valence-electron chi connectivity index (χ1n) is 20.9. The van der Waals surface area contributed by atoms with Crippen molar-refractivity contribution in [2.75, 3.05) is 27.9 Å². The topological polar surface area (TPSA) is 178 Å². The number of fused-ring (bicyclic) bond motifs is 3. The number of piperidine rings is 1. The van der Waals surface area contributed by atoms with Crippen molar-refractivity contribution >= 4 is 23.4 Å². The molecule has 57 heavy (non-hydrogen) atoms. The Bertz CT molecular complexity index is 1480. The number of methoxy groups -OCH3 is 3. The average Bonchev–Trinajstić information content (AvgIpc) is 3.18. The monoisotopic (exact) mass is 803 g/mol. The molecule has 1 aliphatic carbocycles. The number of carbonyl (C=O) groups is 4. The molecule has 3 heterocycles. The zero-order chi connectivity index (χ0) is 42.2. The predicted octanol–water partition coefficient (Wildman–Crippen LogP) is 4.64. The maximum Gasteiger partial charge on any atom is 0.329 e. The Hall–Kier alpha value is -2.78. The van der Waals surface area contributed by atoms with Crippen LogP contribution in [0.2, 0.25) is 0 Å². The van der Waals surface area contributed by atoms with Crippen LogP contribution in [0.25, 0.3) is 0 Å². The van der Waals surface area contributed by atoms with E-state index in [1.165, 1.54) is 19.1 Å². The number of allylic oxidation sites excluding steroid dienone is 4. The summed E-state index contributed by atoms with van der Waals surface area (Å²) in [6.07, 6.45) is 4.93. The van der Waals surface area contributed by atoms with Gasteiger partial charge < -0.3 is 43.9 Å². The lowest BCUT2D eigenvalue weighted by atomic mass is 9.81. The molecule has 0 aromatic carbocycles. The molecule has 4 rings (SSSR count). The molecule has 322 valence electrons. The summed E-state index contributed by atoms with van der Waals surface area (Å²) < 4.78 is 29.7. The lowest BCUT2D eigenvalue weighted by Gasteiger charge is -2.47. The number of esters is 1. The number of aliphatic hydroxyl groups excluding tert-OH is 2. The van der Waals surface area contributed by atoms with Crippen LogP contribution in [-0.2, 0) is 42.9 Å². The number of hydrogen-bond acceptors (Lipinski definition) is 12. The van der Waals surface area contributed by atoms with Gasteiger partial charge in [0.25, 0.3) is 11.7 Å². The highest BCUT2D eigenvalue weighted by molar-refractivity contribution is 6.39. The maximum atomic E-state index is 14.3. The van der Waals surface area contributed by atoms with E-state index in [4.69, 9.17) is 23.7 Å². The van der Waals surface area contributed by atoms with Crippen molar-refractivity contribution in [3.8, 4) is 0 Å². The molecular formula is C44H69NO12. The lowest BCUT2D eigenvalue weighted by molar-refractivity contribution is -0.302. The van der Waals surface area contributed by atoms with Crippen molar-refractivity contribution in [3.63, 3.8) is 0 Å². The van der Waals surface area contributed by atoms with Gasteiger partial charge in [0.1, 0.15) is 24.0 Å². The summed E-state index contributed by atoms with van der Waals surface area (Å²) in [5.74, 6) is -7.76. The lowest BCUT2D eigenvalue weighted by Crippen LogP contribution is -2.64. The molecule has 0 unspecified atom stereocenters. The van der Waals surface area contributed by atoms with Gasteiger partial charge in [-0.25, -0.2) is 4.79 Å². The molecule has 0 radical (unpaired) electrons. The molecule has 1 amide bonds. The first-order valence-corrected chi connectivity index (χ1v) is 20.9. The van der Waals surface area contributed by atoms with Gasteiger partial charge in [0.05, 0.1) is 30.5 Å². The molecule has 13 heteroatoms. The van der Waals surface area contributed by atoms with Gasteiger partial charge in [-0.2, -0.15) is 0 Å². The molecule has 2 bridgehead atoms. The van der Waals surface area contributed by atoms with Gasteiger partial charge in [-0.1, -0.05) is 44.6 Å². The van der Waals surface area contributed by atoms with Crippen molar-refractivity contribution < 1.29 is 58.2 Å². The van der Waals surface area contributed by atoms with Gasteiger partial charge in [-0.15, -0.1) is 6.58 Å². The van der Waals surface area contributed by atoms with Gasteiger partial charge in [0, 0.05) is 52.0 Å². The smallest absolute Gasteiger partial charge is 0.329 e. The number of rotatable bonds is 7. The summed E-state index contributed by atoms with van der Waals surface area (Å²) in [6.45, 7) is 13.1. The van der Waals surface area contributed by atoms with Crippen molar-refractivity contribution in [1.82, 2.24) is 4.90 Å². The Labute approximate surface area is 339 Å². The first-order chi connectivity index (χ1) is 27.0. The highest BCUT2D eigenvalue weighted by Crippen LogP contribution is 2.39. The van der Waals surface area contributed by atoms with Crippen LogP contribution in [0.3, 0.4) is 0 Å². The van der Waals surface area contributed by atoms with E-state index in [1.807, 2.05) is 32.9 Å². The van der Waals surface area contributed by atoms with Gasteiger partial charge in [-0.05, 0) is 95.5 Å². The summed E-state index contributed by atoms with van der Waals surface area (Å²) in [4.78, 5) is 57.8. The molecule has 0 aromatic heterocycles. The summed E-state index contributed by atoms with van der Waals surface area (Å²) in [7, 11) is 4.61. The number of ether oxygens (including phenoxy) is 5. The fourth-order valence-corrected chi connectivity index (χ4v) is 9.42. The van der Waals surface area contributed by atoms with E-state index >= 15 is 0 Å². The van der Waals surface area contributed by atoms with Crippen LogP contribution < -0.4 is 0 Å². The molecule has 3 N–H and O–H groups in total. The predicted molar refractivity (Wildman–Crippen MR) is 213 cm³/mol. The highest BCUT2D eigenvalue weighted by Gasteiger charge is 2.56. The van der Waals surface area contributed by atoms with Crippen LogP contribution in [0, 0.1) is 29.6 Å². The van der Waals surface area contributed by atoms with Gasteiger partial charge in [-0.3, -0.25) is 14.4 Å². The van der Waals surface area contributed by atoms with Crippen LogP contribution in [0.5, 0.6) is 0 Å². The maximum absolute atomic E-state index is 14.3. The average molecular weight is 804 g/mol. The Morgan fingerprint density at radius 1 is 0.930 bits per heavy atom. The van der Waals surface area contributed by atoms with Crippen LogP contribution in [0.15, 0.2) is 36.0 Å². The van der Waals surface area contributed by atoms with E-state index in [9.17, 15) is 34.5 Å². The Balaban J connectivity index is 1.78. The molecule has 13 nitrogen and oxygen atoms in total. The fraction of sp³-hybridized carbons (Fsp3) is 0.773. The molecule has 14 atom stereocenters. The number of Topliss-reactive ketones (excluding diaryl/α,β-unsaturated/α-hetero) is 2. The van der Waals surface area contributed by atoms with E-state index in [2.05, 4.69) is 6.58 Å². The van der Waals surface area contributed by atoms with Gasteiger partial charge in [0.2, 0.25) is 5.79 Å². The Morgan fingerprint density at radius 3 is 2.25 bits per heavy atom. The normalized spacial score (nSPS) is 40.1. The molecule has 0 spiro atoms. The first kappa shape index (κ1) is 46.9. The third kappa shape index (κ3) is 11.3. The second-order valence-electron chi connectivity index (χ2n) is 17.3. The van der Waals surface area contributed by atoms with Gasteiger partial charge in [0.15, 0.2) is 0 Å². The zero-order valence-corrected chi connectivity index (χ0v) is 35.4. The largest absolute Gasteiger partial charge is 0.456 e. The summed E-state index contributed by atoms with van der Waals surface area (Å²) in [5, 5.41) is 34.1. The SMILES string of the molecule is C=CC[C@@H]1C=C(C)C[C@H](C)C[C@H](OC)[C@H]2O[C@@](O)(C(=O)C(=O)N3CCCC[C@@H]3C(=O)O[C@H](/C(C)=C\[C@@H]3CC[C@H](O)[C@H](OC)C3)[C@H](C)[C@H](O)CC1=O)[C@H](C)C[C@@H]2OC. The minimum Gasteiger partial charge on any atom is -0.456 e. The fourth-order valence-electron chi connectivity index (χ4n) is 9.42. The molecule has 1 saturated carbocycles. The highest BCUT2D eigenvalue weighted by atomic mass is 16.7. The summed E-state index contributed by atoms with van der Waals surface area (Å²) in [5.41, 5.74) is 1.61. The molecular weight excluding hydrogens is 734 g/mol. The van der Waals surface area contributed by atoms with Crippen molar-refractivity contribution in [3.05, 3.63) is 36.0 Å². The number of hydrogen-bond donors (Lipinski definition) is 3. The van der Waals surface area contributed by atoms with Crippen molar-refractivity contribution in [1.29, 1.82) is 0 Å². The second kappa shape index (κ2) is 21.0. The van der Waals surface area contributed by atoms with E-state index in [0.717, 1.165) is 5.57 Å². The number of amides is 1. The summed E-state index contributed by atoms with van der Waals surface area (Å²) in [6, 6.07) is -1.14. The molecule has 0 aromatic rings. The van der Waals surface area contributed by atoms with Gasteiger partial charge >= 0.3 is 5.97 Å². The Morgan fingerprint density at radius 2 is 1.60 bits per heavy atom. The molecule has 2 saturated heterocycles. The van der Waals surface area contributed by atoms with Crippen molar-refractivity contribution in [2.45, 2.75) is 160 Å². The minimum atomic E-state index is -2.51. The van der Waals surface area contributed by atoms with E-state index < -0.39 is 83.9 Å². The van der Waals surface area contributed by atoms with E-state index in [1.54, 1.807) is 27.0 Å². The summed E-state index contributed by atoms with van der Waals surface area (Å²) >= 11 is 0. The van der Waals surface area contributed by atoms with Crippen LogP contribution >= 0.6 is 0 Å². The molecule has 4 aliphatic rings. The van der Waals surface area contributed by atoms with Crippen LogP contribution in [0.1, 0.15) is 105 Å². The minimum absolute atomic E-state index is 0.00988. The number of nitrogens with zero attached hydrogens (tertiary/aromatic N) is 1. The number of cyclic esters (lactones) is 1. The third-order valence-electron chi connectivity index (χ3n) is 12.9. The van der Waals surface area contributed by atoms with E-state index in [-0.39, 0.29) is 49.5 Å². The van der Waals surface area contributed by atoms with Crippen LogP contribution in [-0.4, -0.2) is 126 Å². The van der Waals surface area contributed by atoms with E-state index in [0.29, 0.717) is 56.9 Å².